The van der Waals surface area contributed by atoms with Crippen LogP contribution in [0.2, 0.25) is 0 Å². The standard InChI is InChI=1S/C16H22N4O/c1-13-15(12-21)16(18(2)17-13)20-10-8-19(9-11-20)14-6-4-3-5-7-14/h3-7,21H,8-12H2,1-2H3. The Morgan fingerprint density at radius 3 is 2.29 bits per heavy atom. The number of benzene rings is 1. The van der Waals surface area contributed by atoms with Crippen molar-refractivity contribution in [2.75, 3.05) is 36.0 Å². The van der Waals surface area contributed by atoms with E-state index < -0.39 is 0 Å². The van der Waals surface area contributed by atoms with Crippen LogP contribution in [0.4, 0.5) is 11.5 Å². The molecule has 1 aromatic heterocycles. The van der Waals surface area contributed by atoms with Gasteiger partial charge in [0.25, 0.3) is 0 Å². The zero-order valence-electron chi connectivity index (χ0n) is 12.7. The van der Waals surface area contributed by atoms with Crippen LogP contribution in [0, 0.1) is 6.92 Å². The van der Waals surface area contributed by atoms with Crippen LogP contribution in [-0.4, -0.2) is 41.1 Å². The molecule has 0 saturated carbocycles. The molecule has 21 heavy (non-hydrogen) atoms. The van der Waals surface area contributed by atoms with Gasteiger partial charge < -0.3 is 14.9 Å². The van der Waals surface area contributed by atoms with Gasteiger partial charge in [0.1, 0.15) is 5.82 Å². The van der Waals surface area contributed by atoms with E-state index in [2.05, 4.69) is 39.2 Å². The van der Waals surface area contributed by atoms with Gasteiger partial charge >= 0.3 is 0 Å². The van der Waals surface area contributed by atoms with E-state index in [1.807, 2.05) is 24.7 Å². The van der Waals surface area contributed by atoms with Crippen molar-refractivity contribution in [3.05, 3.63) is 41.6 Å². The maximum absolute atomic E-state index is 9.58. The van der Waals surface area contributed by atoms with Crippen molar-refractivity contribution in [1.82, 2.24) is 9.78 Å². The fraction of sp³-hybridized carbons (Fsp3) is 0.438. The second-order valence-corrected chi connectivity index (χ2v) is 5.48. The summed E-state index contributed by atoms with van der Waals surface area (Å²) in [5.74, 6) is 1.06. The lowest BCUT2D eigenvalue weighted by atomic mass is 10.2. The van der Waals surface area contributed by atoms with E-state index in [1.165, 1.54) is 5.69 Å². The molecular weight excluding hydrogens is 264 g/mol. The van der Waals surface area contributed by atoms with Crippen LogP contribution in [0.1, 0.15) is 11.3 Å². The normalized spacial score (nSPS) is 15.6. The highest BCUT2D eigenvalue weighted by Gasteiger charge is 2.23. The molecule has 0 spiro atoms. The van der Waals surface area contributed by atoms with Gasteiger partial charge in [-0.3, -0.25) is 4.68 Å². The van der Waals surface area contributed by atoms with Gasteiger partial charge in [-0.1, -0.05) is 18.2 Å². The summed E-state index contributed by atoms with van der Waals surface area (Å²) in [5.41, 5.74) is 3.15. The van der Waals surface area contributed by atoms with Gasteiger partial charge in [0.05, 0.1) is 12.3 Å². The Labute approximate surface area is 125 Å². The third-order valence-corrected chi connectivity index (χ3v) is 4.17. The SMILES string of the molecule is Cc1nn(C)c(N2CCN(c3ccccc3)CC2)c1CO. The third kappa shape index (κ3) is 2.61. The van der Waals surface area contributed by atoms with Crippen LogP contribution in [0.15, 0.2) is 30.3 Å². The number of aromatic nitrogens is 2. The van der Waals surface area contributed by atoms with E-state index in [0.717, 1.165) is 43.3 Å². The lowest BCUT2D eigenvalue weighted by Gasteiger charge is -2.37. The molecule has 0 atom stereocenters. The molecule has 2 aromatic rings. The molecular formula is C16H22N4O. The summed E-state index contributed by atoms with van der Waals surface area (Å²) in [6.45, 7) is 5.86. The number of nitrogens with zero attached hydrogens (tertiary/aromatic N) is 4. The second-order valence-electron chi connectivity index (χ2n) is 5.48. The highest BCUT2D eigenvalue weighted by molar-refractivity contribution is 5.53. The summed E-state index contributed by atoms with van der Waals surface area (Å²) >= 11 is 0. The van der Waals surface area contributed by atoms with Crippen molar-refractivity contribution in [2.24, 2.45) is 7.05 Å². The molecule has 2 heterocycles. The Kier molecular flexibility index (Phi) is 3.84. The van der Waals surface area contributed by atoms with Gasteiger partial charge in [-0.15, -0.1) is 0 Å². The highest BCUT2D eigenvalue weighted by Crippen LogP contribution is 2.25. The zero-order chi connectivity index (χ0) is 14.8. The van der Waals surface area contributed by atoms with E-state index >= 15 is 0 Å². The number of para-hydroxylation sites is 1. The van der Waals surface area contributed by atoms with Crippen LogP contribution in [0.5, 0.6) is 0 Å². The predicted molar refractivity (Wildman–Crippen MR) is 84.7 cm³/mol. The summed E-state index contributed by atoms with van der Waals surface area (Å²) in [4.78, 5) is 4.73. The Morgan fingerprint density at radius 1 is 1.05 bits per heavy atom. The van der Waals surface area contributed by atoms with E-state index in [-0.39, 0.29) is 6.61 Å². The molecule has 112 valence electrons. The quantitative estimate of drug-likeness (QED) is 0.930. The molecule has 1 N–H and O–H groups in total. The summed E-state index contributed by atoms with van der Waals surface area (Å²) in [6, 6.07) is 10.5. The summed E-state index contributed by atoms with van der Waals surface area (Å²) in [5, 5.41) is 14.0. The number of hydrogen-bond donors (Lipinski definition) is 1. The Balaban J connectivity index is 1.74. The highest BCUT2D eigenvalue weighted by atomic mass is 16.3. The number of aliphatic hydroxyl groups is 1. The fourth-order valence-corrected chi connectivity index (χ4v) is 3.09. The maximum atomic E-state index is 9.58. The lowest BCUT2D eigenvalue weighted by Crippen LogP contribution is -2.47. The van der Waals surface area contributed by atoms with Gasteiger partial charge in [0.2, 0.25) is 0 Å². The smallest absolute Gasteiger partial charge is 0.132 e. The van der Waals surface area contributed by atoms with Crippen molar-refractivity contribution in [3.63, 3.8) is 0 Å². The van der Waals surface area contributed by atoms with E-state index in [9.17, 15) is 5.11 Å². The van der Waals surface area contributed by atoms with E-state index in [0.29, 0.717) is 0 Å². The number of piperazine rings is 1. The summed E-state index contributed by atoms with van der Waals surface area (Å²) in [6.07, 6.45) is 0. The van der Waals surface area contributed by atoms with Crippen molar-refractivity contribution in [2.45, 2.75) is 13.5 Å². The number of hydrogen-bond acceptors (Lipinski definition) is 4. The average molecular weight is 286 g/mol. The first kappa shape index (κ1) is 13.9. The number of anilines is 2. The molecule has 1 aliphatic rings. The van der Waals surface area contributed by atoms with Crippen LogP contribution in [-0.2, 0) is 13.7 Å². The first-order valence-corrected chi connectivity index (χ1v) is 7.39. The van der Waals surface area contributed by atoms with Crippen molar-refractivity contribution >= 4 is 11.5 Å². The molecule has 0 aliphatic carbocycles. The lowest BCUT2D eigenvalue weighted by molar-refractivity contribution is 0.281. The Bertz CT molecular complexity index is 600. The average Bonchev–Trinajstić information content (AvgIpc) is 2.82. The van der Waals surface area contributed by atoms with Gasteiger partial charge in [-0.25, -0.2) is 0 Å². The molecule has 1 saturated heterocycles. The van der Waals surface area contributed by atoms with Gasteiger partial charge in [0.15, 0.2) is 0 Å². The molecule has 1 aromatic carbocycles. The number of aliphatic hydroxyl groups excluding tert-OH is 1. The van der Waals surface area contributed by atoms with Gasteiger partial charge in [-0.05, 0) is 19.1 Å². The fourth-order valence-electron chi connectivity index (χ4n) is 3.09. The van der Waals surface area contributed by atoms with Crippen LogP contribution < -0.4 is 9.80 Å². The largest absolute Gasteiger partial charge is 0.391 e. The monoisotopic (exact) mass is 286 g/mol. The first-order valence-electron chi connectivity index (χ1n) is 7.39. The third-order valence-electron chi connectivity index (χ3n) is 4.17. The minimum Gasteiger partial charge on any atom is -0.391 e. The van der Waals surface area contributed by atoms with Crippen LogP contribution in [0.25, 0.3) is 0 Å². The molecule has 3 rings (SSSR count). The summed E-state index contributed by atoms with van der Waals surface area (Å²) < 4.78 is 1.89. The number of aryl methyl sites for hydroxylation is 2. The molecule has 5 nitrogen and oxygen atoms in total. The van der Waals surface area contributed by atoms with E-state index in [1.54, 1.807) is 0 Å². The van der Waals surface area contributed by atoms with Crippen molar-refractivity contribution in [1.29, 1.82) is 0 Å². The molecule has 5 heteroatoms. The first-order chi connectivity index (χ1) is 10.2. The molecule has 1 aliphatic heterocycles. The topological polar surface area (TPSA) is 44.5 Å². The maximum Gasteiger partial charge on any atom is 0.132 e. The minimum absolute atomic E-state index is 0.0495. The molecule has 0 bridgehead atoms. The molecule has 1 fully saturated rings. The van der Waals surface area contributed by atoms with Gasteiger partial charge in [-0.2, -0.15) is 5.10 Å². The van der Waals surface area contributed by atoms with Gasteiger partial charge in [0, 0.05) is 44.5 Å². The molecule has 0 radical (unpaired) electrons. The molecule has 0 unspecified atom stereocenters. The second kappa shape index (κ2) is 5.77. The van der Waals surface area contributed by atoms with Crippen molar-refractivity contribution < 1.29 is 5.11 Å². The van der Waals surface area contributed by atoms with Crippen molar-refractivity contribution in [3.8, 4) is 0 Å². The Hall–Kier alpha value is -2.01. The summed E-state index contributed by atoms with van der Waals surface area (Å²) in [7, 11) is 1.95. The number of rotatable bonds is 3. The zero-order valence-corrected chi connectivity index (χ0v) is 12.7. The van der Waals surface area contributed by atoms with Crippen LogP contribution >= 0.6 is 0 Å². The van der Waals surface area contributed by atoms with Crippen LogP contribution in [0.3, 0.4) is 0 Å². The van der Waals surface area contributed by atoms with E-state index in [4.69, 9.17) is 0 Å². The minimum atomic E-state index is 0.0495. The predicted octanol–water partition coefficient (Wildman–Crippen LogP) is 1.55. The Morgan fingerprint density at radius 2 is 1.67 bits per heavy atom. The molecule has 0 amide bonds.